The summed E-state index contributed by atoms with van der Waals surface area (Å²) in [5, 5.41) is 13.6. The van der Waals surface area contributed by atoms with Crippen LogP contribution >= 0.6 is 11.8 Å². The summed E-state index contributed by atoms with van der Waals surface area (Å²) < 4.78 is 5.49. The van der Waals surface area contributed by atoms with E-state index < -0.39 is 17.8 Å². The Morgan fingerprint density at radius 2 is 2.03 bits per heavy atom. The van der Waals surface area contributed by atoms with E-state index in [2.05, 4.69) is 5.32 Å². The first kappa shape index (κ1) is 21.6. The summed E-state index contributed by atoms with van der Waals surface area (Å²) in [6.45, 7) is 2.89. The van der Waals surface area contributed by atoms with Gasteiger partial charge in [-0.25, -0.2) is 4.79 Å². The third kappa shape index (κ3) is 4.40. The predicted octanol–water partition coefficient (Wildman–Crippen LogP) is 2.14. The number of ether oxygens (including phenoxy) is 1. The molecule has 3 unspecified atom stereocenters. The summed E-state index contributed by atoms with van der Waals surface area (Å²) in [6.07, 6.45) is 1.77. The Morgan fingerprint density at radius 1 is 1.33 bits per heavy atom. The monoisotopic (exact) mass is 430 g/mol. The number of hydrogen-bond acceptors (Lipinski definition) is 6. The third-order valence-corrected chi connectivity index (χ3v) is 6.02. The van der Waals surface area contributed by atoms with Crippen LogP contribution < -0.4 is 10.1 Å². The van der Waals surface area contributed by atoms with E-state index in [-0.39, 0.29) is 35.9 Å². The second-order valence-electron chi connectivity index (χ2n) is 7.06. The van der Waals surface area contributed by atoms with Crippen LogP contribution in [0.25, 0.3) is 0 Å². The minimum atomic E-state index is -1.19. The fourth-order valence-electron chi connectivity index (χ4n) is 3.63. The summed E-state index contributed by atoms with van der Waals surface area (Å²) in [7, 11) is 0. The smallest absolute Gasteiger partial charge is 0.353 e. The molecule has 2 heterocycles. The third-order valence-electron chi connectivity index (χ3n) is 5.11. The molecule has 1 saturated heterocycles. The van der Waals surface area contributed by atoms with Crippen molar-refractivity contribution in [1.82, 2.24) is 10.2 Å². The van der Waals surface area contributed by atoms with Gasteiger partial charge in [0.25, 0.3) is 0 Å². The number of nitrogens with zero attached hydrogens (tertiary/aromatic N) is 1. The molecule has 0 saturated carbocycles. The minimum Gasteiger partial charge on any atom is -0.486 e. The van der Waals surface area contributed by atoms with Gasteiger partial charge in [0.05, 0.1) is 12.0 Å². The number of hydrogen-bond donors (Lipinski definition) is 2. The molecular formula is C21H22N2O6S. The van der Waals surface area contributed by atoms with Crippen molar-refractivity contribution >= 4 is 35.3 Å². The molecule has 9 heteroatoms. The molecule has 3 atom stereocenters. The zero-order valence-corrected chi connectivity index (χ0v) is 17.3. The lowest BCUT2D eigenvalue weighted by atomic mass is 9.76. The van der Waals surface area contributed by atoms with Crippen LogP contribution in [0.1, 0.15) is 20.3 Å². The number of ketones is 1. The molecule has 158 valence electrons. The van der Waals surface area contributed by atoms with Crippen molar-refractivity contribution in [3.8, 4) is 5.75 Å². The second-order valence-corrected chi connectivity index (χ2v) is 8.06. The molecule has 2 aliphatic heterocycles. The van der Waals surface area contributed by atoms with E-state index in [4.69, 9.17) is 4.74 Å². The van der Waals surface area contributed by atoms with Gasteiger partial charge in [-0.2, -0.15) is 0 Å². The van der Waals surface area contributed by atoms with Crippen LogP contribution in [0, 0.1) is 11.8 Å². The molecule has 0 spiro atoms. The highest BCUT2D eigenvalue weighted by atomic mass is 32.2. The van der Waals surface area contributed by atoms with E-state index in [1.807, 2.05) is 6.07 Å². The Morgan fingerprint density at radius 3 is 2.67 bits per heavy atom. The number of carboxylic acids is 1. The first-order valence-electron chi connectivity index (χ1n) is 9.40. The maximum Gasteiger partial charge on any atom is 0.353 e. The highest BCUT2D eigenvalue weighted by molar-refractivity contribution is 8.05. The number of amides is 2. The first-order chi connectivity index (χ1) is 14.3. The highest BCUT2D eigenvalue weighted by Crippen LogP contribution is 2.48. The van der Waals surface area contributed by atoms with E-state index in [0.717, 1.165) is 11.8 Å². The minimum absolute atomic E-state index is 0.0566. The van der Waals surface area contributed by atoms with Crippen LogP contribution in [0.5, 0.6) is 5.75 Å². The number of carbonyl (C=O) groups is 4. The van der Waals surface area contributed by atoms with Gasteiger partial charge >= 0.3 is 5.97 Å². The van der Waals surface area contributed by atoms with Gasteiger partial charge in [-0.1, -0.05) is 36.9 Å². The second kappa shape index (κ2) is 9.17. The van der Waals surface area contributed by atoms with Gasteiger partial charge in [-0.15, -0.1) is 0 Å². The Kier molecular flexibility index (Phi) is 6.61. The maximum atomic E-state index is 12.7. The van der Waals surface area contributed by atoms with E-state index in [1.54, 1.807) is 36.6 Å². The molecule has 0 bridgehead atoms. The van der Waals surface area contributed by atoms with E-state index in [1.165, 1.54) is 18.0 Å². The SMILES string of the molecule is CC(=O)NC=CSC1=C(C(=O)O)N2C(=O)C(C(C)C(=O)COc3ccccc3)C2C1. The molecule has 0 radical (unpaired) electrons. The number of Topliss-reactive ketones (excluding diaryl/α,β-unsaturated/α-hetero) is 1. The molecule has 30 heavy (non-hydrogen) atoms. The number of carboxylic acid groups (broad SMARTS) is 1. The van der Waals surface area contributed by atoms with Crippen molar-refractivity contribution < 1.29 is 29.0 Å². The number of thioether (sulfide) groups is 1. The number of carbonyl (C=O) groups excluding carboxylic acids is 3. The van der Waals surface area contributed by atoms with Crippen LogP contribution in [0.4, 0.5) is 0 Å². The van der Waals surface area contributed by atoms with Crippen molar-refractivity contribution in [3.63, 3.8) is 0 Å². The van der Waals surface area contributed by atoms with Gasteiger partial charge in [0.1, 0.15) is 18.1 Å². The normalized spacial score (nSPS) is 21.3. The molecule has 0 aromatic heterocycles. The first-order valence-corrected chi connectivity index (χ1v) is 10.3. The Bertz CT molecular complexity index is 927. The predicted molar refractivity (Wildman–Crippen MR) is 110 cm³/mol. The van der Waals surface area contributed by atoms with Gasteiger partial charge in [-0.05, 0) is 17.5 Å². The van der Waals surface area contributed by atoms with E-state index >= 15 is 0 Å². The number of fused-ring (bicyclic) bond motifs is 1. The number of para-hydroxylation sites is 1. The van der Waals surface area contributed by atoms with Crippen molar-refractivity contribution in [2.75, 3.05) is 6.61 Å². The Labute approximate surface area is 178 Å². The zero-order valence-electron chi connectivity index (χ0n) is 16.5. The molecule has 1 aromatic carbocycles. The van der Waals surface area contributed by atoms with Gasteiger partial charge < -0.3 is 20.1 Å². The molecule has 1 fully saturated rings. The summed E-state index contributed by atoms with van der Waals surface area (Å²) in [4.78, 5) is 49.7. The van der Waals surface area contributed by atoms with Gasteiger partial charge in [0.15, 0.2) is 5.78 Å². The average Bonchev–Trinajstić information content (AvgIpc) is 3.04. The quantitative estimate of drug-likeness (QED) is 0.577. The topological polar surface area (TPSA) is 113 Å². The summed E-state index contributed by atoms with van der Waals surface area (Å²) >= 11 is 1.14. The van der Waals surface area contributed by atoms with Crippen LogP contribution in [-0.4, -0.2) is 46.2 Å². The van der Waals surface area contributed by atoms with Crippen LogP contribution in [-0.2, 0) is 19.2 Å². The fraction of sp³-hybridized carbons (Fsp3) is 0.333. The molecule has 0 aliphatic carbocycles. The summed E-state index contributed by atoms with van der Waals surface area (Å²) in [5.74, 6) is -2.60. The van der Waals surface area contributed by atoms with Crippen molar-refractivity contribution in [1.29, 1.82) is 0 Å². The lowest BCUT2D eigenvalue weighted by Crippen LogP contribution is -2.61. The highest BCUT2D eigenvalue weighted by Gasteiger charge is 2.57. The number of benzene rings is 1. The van der Waals surface area contributed by atoms with Gasteiger partial charge in [0.2, 0.25) is 11.8 Å². The molecule has 8 nitrogen and oxygen atoms in total. The summed E-state index contributed by atoms with van der Waals surface area (Å²) in [6, 6.07) is 8.56. The summed E-state index contributed by atoms with van der Waals surface area (Å²) in [5.41, 5.74) is -0.0566. The van der Waals surface area contributed by atoms with Gasteiger partial charge in [0, 0.05) is 30.4 Å². The average molecular weight is 430 g/mol. The van der Waals surface area contributed by atoms with Crippen LogP contribution in [0.3, 0.4) is 0 Å². The molecule has 3 rings (SSSR count). The van der Waals surface area contributed by atoms with Gasteiger partial charge in [-0.3, -0.25) is 14.4 Å². The van der Waals surface area contributed by atoms with E-state index in [9.17, 15) is 24.3 Å². The van der Waals surface area contributed by atoms with Crippen molar-refractivity contribution in [3.05, 3.63) is 52.5 Å². The standard InChI is InChI=1S/C21H22N2O6S/c1-12(16(25)11-29-14-6-4-3-5-7-14)18-15-10-17(30-9-8-22-13(2)24)19(21(27)28)23(15)20(18)26/h3-9,12,15,18H,10-11H2,1-2H3,(H,22,24)(H,27,28). The molecular weight excluding hydrogens is 408 g/mol. The zero-order chi connectivity index (χ0) is 21.8. The molecule has 1 aromatic rings. The fourth-order valence-corrected chi connectivity index (χ4v) is 4.49. The molecule has 2 N–H and O–H groups in total. The number of aliphatic carboxylic acids is 1. The number of β-lactam (4-membered cyclic amide) rings is 1. The van der Waals surface area contributed by atoms with Crippen LogP contribution in [0.15, 0.2) is 52.5 Å². The van der Waals surface area contributed by atoms with E-state index in [0.29, 0.717) is 17.1 Å². The lowest BCUT2D eigenvalue weighted by molar-refractivity contribution is -0.160. The van der Waals surface area contributed by atoms with Crippen molar-refractivity contribution in [2.24, 2.45) is 11.8 Å². The lowest BCUT2D eigenvalue weighted by Gasteiger charge is -2.45. The number of nitrogens with one attached hydrogen (secondary N) is 1. The number of rotatable bonds is 9. The van der Waals surface area contributed by atoms with Crippen molar-refractivity contribution in [2.45, 2.75) is 26.3 Å². The Hall–Kier alpha value is -3.07. The molecule has 2 aliphatic rings. The Balaban J connectivity index is 1.64. The maximum absolute atomic E-state index is 12.7. The largest absolute Gasteiger partial charge is 0.486 e. The van der Waals surface area contributed by atoms with Crippen LogP contribution in [0.2, 0.25) is 0 Å². The molecule has 2 amide bonds.